The van der Waals surface area contributed by atoms with E-state index in [9.17, 15) is 18.0 Å². The second-order valence-corrected chi connectivity index (χ2v) is 6.35. The molecule has 1 atom stereocenters. The number of carbonyl (C=O) groups is 1. The molecule has 0 aliphatic carbocycles. The van der Waals surface area contributed by atoms with Crippen molar-refractivity contribution in [2.24, 2.45) is 7.05 Å². The number of urea groups is 1. The zero-order valence-corrected chi connectivity index (χ0v) is 14.6. The van der Waals surface area contributed by atoms with Gasteiger partial charge in [0.15, 0.2) is 5.69 Å². The highest BCUT2D eigenvalue weighted by Crippen LogP contribution is 2.29. The largest absolute Gasteiger partial charge is 0.435 e. The maximum Gasteiger partial charge on any atom is 0.435 e. The summed E-state index contributed by atoms with van der Waals surface area (Å²) in [6.07, 6.45) is -1.01. The molecular formula is C16H21F3N6O. The number of nitrogens with zero attached hydrogens (tertiary/aromatic N) is 5. The summed E-state index contributed by atoms with van der Waals surface area (Å²) in [7, 11) is 1.75. The third kappa shape index (κ3) is 3.83. The van der Waals surface area contributed by atoms with Crippen LogP contribution < -0.4 is 5.32 Å². The molecular weight excluding hydrogens is 349 g/mol. The minimum absolute atomic E-state index is 0.275. The Hall–Kier alpha value is -2.52. The zero-order valence-electron chi connectivity index (χ0n) is 14.6. The van der Waals surface area contributed by atoms with Gasteiger partial charge in [-0.2, -0.15) is 23.4 Å². The molecule has 0 spiro atoms. The van der Waals surface area contributed by atoms with Gasteiger partial charge in [0, 0.05) is 32.4 Å². The average Bonchev–Trinajstić information content (AvgIpc) is 3.22. The van der Waals surface area contributed by atoms with Crippen LogP contribution in [-0.4, -0.2) is 43.6 Å². The third-order valence-corrected chi connectivity index (χ3v) is 4.48. The van der Waals surface area contributed by atoms with Crippen LogP contribution in [0.15, 0.2) is 18.3 Å². The number of nitrogens with one attached hydrogen (secondary N) is 1. The fraction of sp³-hybridized carbons (Fsp3) is 0.562. The van der Waals surface area contributed by atoms with Gasteiger partial charge in [-0.15, -0.1) is 0 Å². The summed E-state index contributed by atoms with van der Waals surface area (Å²) in [6, 6.07) is 2.20. The Balaban J connectivity index is 1.67. The first-order valence-electron chi connectivity index (χ1n) is 8.49. The number of rotatable bonds is 3. The molecule has 7 nitrogen and oxygen atoms in total. The molecule has 1 fully saturated rings. The molecule has 0 radical (unpaired) electrons. The molecule has 26 heavy (non-hydrogen) atoms. The summed E-state index contributed by atoms with van der Waals surface area (Å²) in [6.45, 7) is 2.83. The fourth-order valence-corrected chi connectivity index (χ4v) is 3.05. The topological polar surface area (TPSA) is 68.0 Å². The second-order valence-electron chi connectivity index (χ2n) is 6.35. The van der Waals surface area contributed by atoms with Crippen molar-refractivity contribution in [3.8, 4) is 0 Å². The van der Waals surface area contributed by atoms with Crippen LogP contribution in [0, 0.1) is 0 Å². The van der Waals surface area contributed by atoms with Gasteiger partial charge in [0.25, 0.3) is 0 Å². The van der Waals surface area contributed by atoms with Crippen LogP contribution in [0.4, 0.5) is 23.8 Å². The predicted octanol–water partition coefficient (Wildman–Crippen LogP) is 3.07. The Morgan fingerprint density at radius 3 is 2.77 bits per heavy atom. The van der Waals surface area contributed by atoms with E-state index >= 15 is 0 Å². The molecule has 2 aromatic heterocycles. The zero-order chi connectivity index (χ0) is 18.9. The van der Waals surface area contributed by atoms with E-state index in [1.165, 1.54) is 10.9 Å². The number of amides is 2. The van der Waals surface area contributed by atoms with Crippen LogP contribution in [0.2, 0.25) is 0 Å². The van der Waals surface area contributed by atoms with E-state index in [2.05, 4.69) is 15.5 Å². The van der Waals surface area contributed by atoms with Gasteiger partial charge in [-0.1, -0.05) is 6.92 Å². The first-order valence-corrected chi connectivity index (χ1v) is 8.49. The molecule has 1 saturated heterocycles. The van der Waals surface area contributed by atoms with Gasteiger partial charge in [0.2, 0.25) is 0 Å². The second kappa shape index (κ2) is 7.00. The lowest BCUT2D eigenvalue weighted by Gasteiger charge is -2.32. The van der Waals surface area contributed by atoms with Gasteiger partial charge < -0.3 is 4.90 Å². The summed E-state index contributed by atoms with van der Waals surface area (Å²) in [5.41, 5.74) is -0.0448. The Kier molecular flexibility index (Phi) is 4.92. The van der Waals surface area contributed by atoms with Gasteiger partial charge >= 0.3 is 12.2 Å². The molecule has 3 heterocycles. The first-order chi connectivity index (χ1) is 12.3. The number of anilines is 1. The number of piperidine rings is 1. The van der Waals surface area contributed by atoms with Crippen LogP contribution in [0.25, 0.3) is 0 Å². The van der Waals surface area contributed by atoms with Crippen molar-refractivity contribution in [2.75, 3.05) is 18.4 Å². The molecule has 2 amide bonds. The van der Waals surface area contributed by atoms with Crippen molar-refractivity contribution in [1.82, 2.24) is 24.5 Å². The number of halogens is 3. The standard InChI is InChI=1S/C16H21F3N6O/c1-3-11-9-14(23(2)21-11)20-15(26)24-7-4-5-12(10-24)25-8-6-13(22-25)16(17,18)19/h6,8-9,12H,3-5,7,10H2,1-2H3,(H,20,26). The highest BCUT2D eigenvalue weighted by molar-refractivity contribution is 5.88. The molecule has 142 valence electrons. The monoisotopic (exact) mass is 370 g/mol. The van der Waals surface area contributed by atoms with Crippen molar-refractivity contribution in [1.29, 1.82) is 0 Å². The number of likely N-dealkylation sites (tertiary alicyclic amines) is 1. The third-order valence-electron chi connectivity index (χ3n) is 4.48. The molecule has 10 heteroatoms. The van der Waals surface area contributed by atoms with E-state index in [0.717, 1.165) is 18.2 Å². The van der Waals surface area contributed by atoms with Crippen LogP contribution in [-0.2, 0) is 19.6 Å². The summed E-state index contributed by atoms with van der Waals surface area (Å²) in [4.78, 5) is 14.1. The summed E-state index contributed by atoms with van der Waals surface area (Å²) in [5, 5.41) is 10.7. The normalized spacial score (nSPS) is 18.2. The lowest BCUT2D eigenvalue weighted by molar-refractivity contribution is -0.141. The van der Waals surface area contributed by atoms with E-state index in [-0.39, 0.29) is 12.1 Å². The molecule has 0 saturated carbocycles. The van der Waals surface area contributed by atoms with E-state index in [0.29, 0.717) is 31.7 Å². The number of carbonyl (C=O) groups excluding carboxylic acids is 1. The lowest BCUT2D eigenvalue weighted by Crippen LogP contribution is -2.43. The van der Waals surface area contributed by atoms with Crippen molar-refractivity contribution < 1.29 is 18.0 Å². The molecule has 1 unspecified atom stereocenters. The maximum atomic E-state index is 12.7. The first kappa shape index (κ1) is 18.3. The van der Waals surface area contributed by atoms with Gasteiger partial charge in [-0.25, -0.2) is 4.79 Å². The Labute approximate surface area is 148 Å². The fourth-order valence-electron chi connectivity index (χ4n) is 3.05. The van der Waals surface area contributed by atoms with Gasteiger partial charge in [0.05, 0.1) is 11.7 Å². The number of aromatic nitrogens is 4. The van der Waals surface area contributed by atoms with E-state index in [4.69, 9.17) is 0 Å². The summed E-state index contributed by atoms with van der Waals surface area (Å²) in [5.74, 6) is 0.590. The molecule has 0 aromatic carbocycles. The van der Waals surface area contributed by atoms with Crippen LogP contribution in [0.3, 0.4) is 0 Å². The Bertz CT molecular complexity index is 781. The number of aryl methyl sites for hydroxylation is 2. The highest BCUT2D eigenvalue weighted by Gasteiger charge is 2.35. The van der Waals surface area contributed by atoms with Crippen molar-refractivity contribution in [3.05, 3.63) is 29.7 Å². The Morgan fingerprint density at radius 2 is 2.15 bits per heavy atom. The Morgan fingerprint density at radius 1 is 1.38 bits per heavy atom. The molecule has 1 N–H and O–H groups in total. The van der Waals surface area contributed by atoms with Crippen LogP contribution >= 0.6 is 0 Å². The van der Waals surface area contributed by atoms with Crippen molar-refractivity contribution >= 4 is 11.8 Å². The molecule has 2 aromatic rings. The minimum Gasteiger partial charge on any atom is -0.322 e. The SMILES string of the molecule is CCc1cc(NC(=O)N2CCCC(n3ccc(C(F)(F)F)n3)C2)n(C)n1. The molecule has 3 rings (SSSR count). The molecule has 1 aliphatic rings. The van der Waals surface area contributed by atoms with Crippen molar-refractivity contribution in [3.63, 3.8) is 0 Å². The average molecular weight is 370 g/mol. The van der Waals surface area contributed by atoms with Gasteiger partial charge in [-0.3, -0.25) is 14.7 Å². The molecule has 1 aliphatic heterocycles. The van der Waals surface area contributed by atoms with Gasteiger partial charge in [-0.05, 0) is 25.3 Å². The minimum atomic E-state index is -4.46. The van der Waals surface area contributed by atoms with Gasteiger partial charge in [0.1, 0.15) is 5.82 Å². The molecule has 0 bridgehead atoms. The number of hydrogen-bond donors (Lipinski definition) is 1. The van der Waals surface area contributed by atoms with E-state index in [1.54, 1.807) is 16.6 Å². The summed E-state index contributed by atoms with van der Waals surface area (Å²) < 4.78 is 41.1. The maximum absolute atomic E-state index is 12.7. The predicted molar refractivity (Wildman–Crippen MR) is 88.7 cm³/mol. The van der Waals surface area contributed by atoms with Crippen LogP contribution in [0.1, 0.15) is 37.2 Å². The quantitative estimate of drug-likeness (QED) is 0.903. The van der Waals surface area contributed by atoms with Crippen LogP contribution in [0.5, 0.6) is 0 Å². The number of alkyl halides is 3. The lowest BCUT2D eigenvalue weighted by atomic mass is 10.1. The number of hydrogen-bond acceptors (Lipinski definition) is 3. The van der Waals surface area contributed by atoms with Crippen molar-refractivity contribution in [2.45, 2.75) is 38.4 Å². The smallest absolute Gasteiger partial charge is 0.322 e. The highest BCUT2D eigenvalue weighted by atomic mass is 19.4. The van der Waals surface area contributed by atoms with E-state index in [1.807, 2.05) is 13.0 Å². The van der Waals surface area contributed by atoms with E-state index < -0.39 is 11.9 Å². The summed E-state index contributed by atoms with van der Waals surface area (Å²) >= 11 is 0.